The molecule has 1 saturated heterocycles. The lowest BCUT2D eigenvalue weighted by molar-refractivity contribution is -0.126. The Hall–Kier alpha value is -1.63. The normalized spacial score (nSPS) is 18.0. The van der Waals surface area contributed by atoms with Crippen LogP contribution in [0.25, 0.3) is 0 Å². The Labute approximate surface area is 119 Å². The molecule has 20 heavy (non-hydrogen) atoms. The number of aromatic amines is 1. The van der Waals surface area contributed by atoms with Gasteiger partial charge in [0.25, 0.3) is 0 Å². The summed E-state index contributed by atoms with van der Waals surface area (Å²) in [5.74, 6) is 0.941. The molecule has 2 heterocycles. The molecule has 1 amide bonds. The number of hydrogen-bond donors (Lipinski definition) is 2. The second-order valence-electron chi connectivity index (χ2n) is 5.15. The lowest BCUT2D eigenvalue weighted by Gasteiger charge is -2.37. The van der Waals surface area contributed by atoms with Crippen molar-refractivity contribution in [1.29, 1.82) is 0 Å². The van der Waals surface area contributed by atoms with Crippen LogP contribution in [0.4, 0.5) is 5.95 Å². The molecule has 1 fully saturated rings. The van der Waals surface area contributed by atoms with E-state index >= 15 is 0 Å². The van der Waals surface area contributed by atoms with Gasteiger partial charge < -0.3 is 10.2 Å². The highest BCUT2D eigenvalue weighted by molar-refractivity contribution is 5.81. The Balaban J connectivity index is 1.76. The summed E-state index contributed by atoms with van der Waals surface area (Å²) in [5, 5.41) is 9.74. The molecule has 1 aliphatic heterocycles. The van der Waals surface area contributed by atoms with Gasteiger partial charge >= 0.3 is 0 Å². The average Bonchev–Trinajstić information content (AvgIpc) is 3.01. The first-order chi connectivity index (χ1) is 9.72. The molecule has 0 unspecified atom stereocenters. The highest BCUT2D eigenvalue weighted by Crippen LogP contribution is 2.11. The number of unbranched alkanes of at least 4 members (excludes halogenated alkanes) is 1. The van der Waals surface area contributed by atoms with Crippen molar-refractivity contribution >= 4 is 11.9 Å². The van der Waals surface area contributed by atoms with Crippen LogP contribution < -0.4 is 10.2 Å². The van der Waals surface area contributed by atoms with Gasteiger partial charge in [-0.25, -0.2) is 5.10 Å². The Morgan fingerprint density at radius 3 is 2.80 bits per heavy atom. The van der Waals surface area contributed by atoms with Gasteiger partial charge in [-0.2, -0.15) is 10.1 Å². The molecule has 0 spiro atoms. The van der Waals surface area contributed by atoms with Crippen LogP contribution in [0.3, 0.4) is 0 Å². The SMILES string of the molecule is CCCCNC(=O)[C@@H](C)N1CCN(c2ncn[nH]2)CC1. The summed E-state index contributed by atoms with van der Waals surface area (Å²) >= 11 is 0. The van der Waals surface area contributed by atoms with E-state index in [4.69, 9.17) is 0 Å². The van der Waals surface area contributed by atoms with E-state index in [1.54, 1.807) is 0 Å². The van der Waals surface area contributed by atoms with Crippen LogP contribution in [0.1, 0.15) is 26.7 Å². The highest BCUT2D eigenvalue weighted by atomic mass is 16.2. The second-order valence-corrected chi connectivity index (χ2v) is 5.15. The van der Waals surface area contributed by atoms with Crippen molar-refractivity contribution in [2.45, 2.75) is 32.7 Å². The Kier molecular flexibility index (Phi) is 5.34. The molecule has 7 heteroatoms. The zero-order valence-corrected chi connectivity index (χ0v) is 12.3. The predicted molar refractivity (Wildman–Crippen MR) is 77.5 cm³/mol. The van der Waals surface area contributed by atoms with Crippen molar-refractivity contribution in [2.75, 3.05) is 37.6 Å². The molecule has 1 atom stereocenters. The summed E-state index contributed by atoms with van der Waals surface area (Å²) < 4.78 is 0. The standard InChI is InChI=1S/C13H24N6O/c1-3-4-5-14-12(20)11(2)18-6-8-19(9-7-18)13-15-10-16-17-13/h10-11H,3-9H2,1-2H3,(H,14,20)(H,15,16,17)/t11-/m1/s1. The minimum Gasteiger partial charge on any atom is -0.355 e. The monoisotopic (exact) mass is 280 g/mol. The van der Waals surface area contributed by atoms with Gasteiger partial charge in [-0.1, -0.05) is 13.3 Å². The van der Waals surface area contributed by atoms with Crippen LogP contribution in [0.15, 0.2) is 6.33 Å². The van der Waals surface area contributed by atoms with E-state index in [1.807, 2.05) is 6.92 Å². The topological polar surface area (TPSA) is 77.2 Å². The van der Waals surface area contributed by atoms with Crippen LogP contribution in [0.5, 0.6) is 0 Å². The number of aromatic nitrogens is 3. The molecular formula is C13H24N6O. The lowest BCUT2D eigenvalue weighted by Crippen LogP contribution is -2.54. The van der Waals surface area contributed by atoms with Gasteiger partial charge in [0.05, 0.1) is 6.04 Å². The molecule has 112 valence electrons. The maximum atomic E-state index is 12.0. The third kappa shape index (κ3) is 3.69. The van der Waals surface area contributed by atoms with Crippen LogP contribution in [-0.2, 0) is 4.79 Å². The molecule has 0 saturated carbocycles. The smallest absolute Gasteiger partial charge is 0.237 e. The zero-order valence-electron chi connectivity index (χ0n) is 12.3. The molecular weight excluding hydrogens is 256 g/mol. The molecule has 0 aromatic carbocycles. The van der Waals surface area contributed by atoms with Crippen LogP contribution in [0, 0.1) is 0 Å². The molecule has 1 aromatic heterocycles. The second kappa shape index (κ2) is 7.23. The summed E-state index contributed by atoms with van der Waals surface area (Å²) in [6, 6.07) is -0.0660. The Morgan fingerprint density at radius 1 is 1.45 bits per heavy atom. The number of nitrogens with zero attached hydrogens (tertiary/aromatic N) is 4. The molecule has 0 radical (unpaired) electrons. The third-order valence-corrected chi connectivity index (χ3v) is 3.77. The van der Waals surface area contributed by atoms with Crippen molar-refractivity contribution in [3.05, 3.63) is 6.33 Å². The predicted octanol–water partition coefficient (Wildman–Crippen LogP) is 0.232. The summed E-state index contributed by atoms with van der Waals surface area (Å²) in [6.07, 6.45) is 3.66. The van der Waals surface area contributed by atoms with Gasteiger partial charge in [-0.3, -0.25) is 9.69 Å². The molecule has 7 nitrogen and oxygen atoms in total. The number of piperazine rings is 1. The fraction of sp³-hybridized carbons (Fsp3) is 0.769. The third-order valence-electron chi connectivity index (χ3n) is 3.77. The number of hydrogen-bond acceptors (Lipinski definition) is 5. The first-order valence-corrected chi connectivity index (χ1v) is 7.34. The zero-order chi connectivity index (χ0) is 14.4. The average molecular weight is 280 g/mol. The van der Waals surface area contributed by atoms with E-state index in [9.17, 15) is 4.79 Å². The van der Waals surface area contributed by atoms with Gasteiger partial charge in [0, 0.05) is 32.7 Å². The van der Waals surface area contributed by atoms with Crippen LogP contribution >= 0.6 is 0 Å². The van der Waals surface area contributed by atoms with Crippen molar-refractivity contribution in [1.82, 2.24) is 25.4 Å². The summed E-state index contributed by atoms with van der Waals surface area (Å²) in [5.41, 5.74) is 0. The van der Waals surface area contributed by atoms with Crippen LogP contribution in [0.2, 0.25) is 0 Å². The maximum Gasteiger partial charge on any atom is 0.237 e. The van der Waals surface area contributed by atoms with E-state index in [0.717, 1.165) is 51.5 Å². The molecule has 2 N–H and O–H groups in total. The van der Waals surface area contributed by atoms with E-state index in [0.29, 0.717) is 0 Å². The van der Waals surface area contributed by atoms with Gasteiger partial charge in [-0.05, 0) is 13.3 Å². The van der Waals surface area contributed by atoms with Crippen molar-refractivity contribution in [2.24, 2.45) is 0 Å². The summed E-state index contributed by atoms with van der Waals surface area (Å²) in [4.78, 5) is 20.6. The quantitative estimate of drug-likeness (QED) is 0.730. The number of H-pyrrole nitrogens is 1. The van der Waals surface area contributed by atoms with Gasteiger partial charge in [0.1, 0.15) is 6.33 Å². The molecule has 1 aliphatic rings. The van der Waals surface area contributed by atoms with Crippen molar-refractivity contribution in [3.8, 4) is 0 Å². The minimum absolute atomic E-state index is 0.0660. The number of rotatable bonds is 6. The summed E-state index contributed by atoms with van der Waals surface area (Å²) in [6.45, 7) is 8.33. The van der Waals surface area contributed by atoms with Crippen molar-refractivity contribution in [3.63, 3.8) is 0 Å². The van der Waals surface area contributed by atoms with Crippen molar-refractivity contribution < 1.29 is 4.79 Å². The summed E-state index contributed by atoms with van der Waals surface area (Å²) in [7, 11) is 0. The van der Waals surface area contributed by atoms with Gasteiger partial charge in [-0.15, -0.1) is 0 Å². The fourth-order valence-corrected chi connectivity index (χ4v) is 2.37. The highest BCUT2D eigenvalue weighted by Gasteiger charge is 2.26. The van der Waals surface area contributed by atoms with Crippen LogP contribution in [-0.4, -0.2) is 64.8 Å². The fourth-order valence-electron chi connectivity index (χ4n) is 2.37. The Bertz CT molecular complexity index is 399. The first kappa shape index (κ1) is 14.8. The largest absolute Gasteiger partial charge is 0.355 e. The molecule has 2 rings (SSSR count). The van der Waals surface area contributed by atoms with E-state index in [-0.39, 0.29) is 11.9 Å². The lowest BCUT2D eigenvalue weighted by atomic mass is 10.2. The molecule has 0 aliphatic carbocycles. The number of nitrogens with one attached hydrogen (secondary N) is 2. The number of anilines is 1. The number of amides is 1. The number of carbonyl (C=O) groups excluding carboxylic acids is 1. The minimum atomic E-state index is -0.0660. The molecule has 0 bridgehead atoms. The number of carbonyl (C=O) groups is 1. The van der Waals surface area contributed by atoms with Gasteiger partial charge in [0.15, 0.2) is 0 Å². The van der Waals surface area contributed by atoms with Gasteiger partial charge in [0.2, 0.25) is 11.9 Å². The first-order valence-electron chi connectivity index (χ1n) is 7.34. The van der Waals surface area contributed by atoms with E-state index in [2.05, 4.69) is 37.2 Å². The molecule has 1 aromatic rings. The van der Waals surface area contributed by atoms with E-state index < -0.39 is 0 Å². The Morgan fingerprint density at radius 2 is 2.20 bits per heavy atom. The van der Waals surface area contributed by atoms with E-state index in [1.165, 1.54) is 6.33 Å². The maximum absolute atomic E-state index is 12.0.